The third-order valence-corrected chi connectivity index (χ3v) is 6.04. The SMILES string of the molecule is NC(=S)C1(N2C(=O)C3CCCC3C2=O)CCCCCCC1. The molecule has 2 N–H and O–H groups in total. The molecule has 1 saturated heterocycles. The summed E-state index contributed by atoms with van der Waals surface area (Å²) in [6.45, 7) is 0. The number of likely N-dealkylation sites (tertiary alicyclic amines) is 1. The number of nitrogens with two attached hydrogens (primary N) is 1. The third kappa shape index (κ3) is 2.30. The van der Waals surface area contributed by atoms with Gasteiger partial charge < -0.3 is 5.73 Å². The molecule has 0 aromatic heterocycles. The lowest BCUT2D eigenvalue weighted by Gasteiger charge is -2.41. The van der Waals surface area contributed by atoms with Gasteiger partial charge in [-0.3, -0.25) is 14.5 Å². The molecule has 2 atom stereocenters. The Morgan fingerprint density at radius 3 is 1.90 bits per heavy atom. The molecule has 2 aliphatic carbocycles. The van der Waals surface area contributed by atoms with Crippen LogP contribution in [0, 0.1) is 11.8 Å². The van der Waals surface area contributed by atoms with E-state index in [9.17, 15) is 9.59 Å². The summed E-state index contributed by atoms with van der Waals surface area (Å²) >= 11 is 5.34. The number of hydrogen-bond donors (Lipinski definition) is 1. The zero-order valence-electron chi connectivity index (χ0n) is 12.5. The third-order valence-electron chi connectivity index (χ3n) is 5.66. The molecular formula is C16H24N2O2S. The molecule has 0 radical (unpaired) electrons. The molecule has 3 rings (SSSR count). The van der Waals surface area contributed by atoms with Crippen molar-refractivity contribution in [1.29, 1.82) is 0 Å². The number of hydrogen-bond acceptors (Lipinski definition) is 3. The minimum Gasteiger partial charge on any atom is -0.391 e. The number of imide groups is 1. The fraction of sp³-hybridized carbons (Fsp3) is 0.812. The predicted molar refractivity (Wildman–Crippen MR) is 84.5 cm³/mol. The van der Waals surface area contributed by atoms with Crippen molar-refractivity contribution in [3.8, 4) is 0 Å². The lowest BCUT2D eigenvalue weighted by atomic mass is 9.82. The highest BCUT2D eigenvalue weighted by molar-refractivity contribution is 7.80. The number of rotatable bonds is 2. The molecule has 3 aliphatic rings. The first kappa shape index (κ1) is 14.9. The Balaban J connectivity index is 1.95. The molecule has 1 aliphatic heterocycles. The maximum Gasteiger partial charge on any atom is 0.233 e. The van der Waals surface area contributed by atoms with Crippen LogP contribution in [0.1, 0.15) is 64.2 Å². The van der Waals surface area contributed by atoms with Crippen molar-refractivity contribution in [2.45, 2.75) is 69.7 Å². The first-order chi connectivity index (χ1) is 10.1. The second-order valence-electron chi connectivity index (χ2n) is 6.82. The van der Waals surface area contributed by atoms with Gasteiger partial charge in [0, 0.05) is 0 Å². The van der Waals surface area contributed by atoms with Gasteiger partial charge in [-0.1, -0.05) is 50.7 Å². The second-order valence-corrected chi connectivity index (χ2v) is 7.26. The Kier molecular flexibility index (Phi) is 4.04. The van der Waals surface area contributed by atoms with Gasteiger partial charge in [0.05, 0.1) is 16.8 Å². The molecule has 4 nitrogen and oxygen atoms in total. The summed E-state index contributed by atoms with van der Waals surface area (Å²) in [5.74, 6) is -0.213. The van der Waals surface area contributed by atoms with Crippen LogP contribution in [0.25, 0.3) is 0 Å². The largest absolute Gasteiger partial charge is 0.391 e. The van der Waals surface area contributed by atoms with Gasteiger partial charge in [-0.2, -0.15) is 0 Å². The highest BCUT2D eigenvalue weighted by atomic mass is 32.1. The molecule has 1 heterocycles. The summed E-state index contributed by atoms with van der Waals surface area (Å²) in [6.07, 6.45) is 9.65. The highest BCUT2D eigenvalue weighted by Crippen LogP contribution is 2.45. The zero-order valence-corrected chi connectivity index (χ0v) is 13.3. The van der Waals surface area contributed by atoms with Crippen LogP contribution >= 0.6 is 12.2 Å². The lowest BCUT2D eigenvalue weighted by Crippen LogP contribution is -2.59. The number of amides is 2. The Bertz CT molecular complexity index is 447. The first-order valence-corrected chi connectivity index (χ1v) is 8.66. The van der Waals surface area contributed by atoms with E-state index in [0.717, 1.165) is 57.8 Å². The van der Waals surface area contributed by atoms with E-state index < -0.39 is 5.54 Å². The Hall–Kier alpha value is -0.970. The summed E-state index contributed by atoms with van der Waals surface area (Å²) in [6, 6.07) is 0. The minimum absolute atomic E-state index is 0.00382. The van der Waals surface area contributed by atoms with Crippen LogP contribution in [0.5, 0.6) is 0 Å². The lowest BCUT2D eigenvalue weighted by molar-refractivity contribution is -0.145. The van der Waals surface area contributed by atoms with Gasteiger partial charge in [0.15, 0.2) is 0 Å². The van der Waals surface area contributed by atoms with Gasteiger partial charge in [-0.25, -0.2) is 0 Å². The van der Waals surface area contributed by atoms with E-state index in [1.54, 1.807) is 0 Å². The first-order valence-electron chi connectivity index (χ1n) is 8.26. The van der Waals surface area contributed by atoms with E-state index in [1.807, 2.05) is 0 Å². The standard InChI is InChI=1S/C16H24N2O2S/c17-15(21)16(9-4-2-1-3-5-10-16)18-13(19)11-7-6-8-12(11)14(18)20/h11-12H,1-10H2,(H2,17,21). The van der Waals surface area contributed by atoms with Crippen LogP contribution in [0.15, 0.2) is 0 Å². The van der Waals surface area contributed by atoms with Crippen molar-refractivity contribution in [3.05, 3.63) is 0 Å². The highest BCUT2D eigenvalue weighted by Gasteiger charge is 2.57. The van der Waals surface area contributed by atoms with Crippen LogP contribution in [0.3, 0.4) is 0 Å². The number of carbonyl (C=O) groups is 2. The summed E-state index contributed by atoms with van der Waals surface area (Å²) in [7, 11) is 0. The fourth-order valence-corrected chi connectivity index (χ4v) is 4.78. The summed E-state index contributed by atoms with van der Waals surface area (Å²) in [5, 5.41) is 0. The predicted octanol–water partition coefficient (Wildman–Crippen LogP) is 2.54. The second kappa shape index (κ2) is 5.67. The van der Waals surface area contributed by atoms with Gasteiger partial charge in [0.25, 0.3) is 0 Å². The molecule has 21 heavy (non-hydrogen) atoms. The molecule has 0 spiro atoms. The average molecular weight is 308 g/mol. The van der Waals surface area contributed by atoms with E-state index in [4.69, 9.17) is 18.0 Å². The van der Waals surface area contributed by atoms with Crippen LogP contribution in [0.4, 0.5) is 0 Å². The minimum atomic E-state index is -0.686. The molecule has 2 amide bonds. The maximum atomic E-state index is 12.8. The van der Waals surface area contributed by atoms with Crippen molar-refractivity contribution >= 4 is 29.0 Å². The molecular weight excluding hydrogens is 284 g/mol. The summed E-state index contributed by atoms with van der Waals surface area (Å²) in [5.41, 5.74) is 5.38. The van der Waals surface area contributed by atoms with Crippen molar-refractivity contribution in [3.63, 3.8) is 0 Å². The Morgan fingerprint density at radius 2 is 1.43 bits per heavy atom. The Labute approximate surface area is 131 Å². The quantitative estimate of drug-likeness (QED) is 0.629. The van der Waals surface area contributed by atoms with Crippen molar-refractivity contribution in [2.75, 3.05) is 0 Å². The van der Waals surface area contributed by atoms with E-state index in [0.29, 0.717) is 4.99 Å². The number of nitrogens with zero attached hydrogens (tertiary/aromatic N) is 1. The molecule has 5 heteroatoms. The molecule has 0 aromatic carbocycles. The van der Waals surface area contributed by atoms with Gasteiger partial charge >= 0.3 is 0 Å². The van der Waals surface area contributed by atoms with Crippen molar-refractivity contribution < 1.29 is 9.59 Å². The topological polar surface area (TPSA) is 63.4 Å². The Morgan fingerprint density at radius 1 is 0.952 bits per heavy atom. The van der Waals surface area contributed by atoms with Crippen molar-refractivity contribution in [1.82, 2.24) is 4.90 Å². The maximum absolute atomic E-state index is 12.8. The van der Waals surface area contributed by atoms with E-state index in [-0.39, 0.29) is 23.7 Å². The zero-order chi connectivity index (χ0) is 15.0. The fourth-order valence-electron chi connectivity index (χ4n) is 4.48. The number of fused-ring (bicyclic) bond motifs is 1. The van der Waals surface area contributed by atoms with Crippen LogP contribution in [0.2, 0.25) is 0 Å². The molecule has 116 valence electrons. The molecule has 2 saturated carbocycles. The summed E-state index contributed by atoms with van der Waals surface area (Å²) < 4.78 is 0. The normalized spacial score (nSPS) is 32.7. The van der Waals surface area contributed by atoms with Gasteiger partial charge in [0.2, 0.25) is 11.8 Å². The monoisotopic (exact) mass is 308 g/mol. The van der Waals surface area contributed by atoms with Gasteiger partial charge in [0.1, 0.15) is 5.54 Å². The number of thiocarbonyl (C=S) groups is 1. The van der Waals surface area contributed by atoms with E-state index >= 15 is 0 Å². The molecule has 0 aromatic rings. The molecule has 0 bridgehead atoms. The average Bonchev–Trinajstić information content (AvgIpc) is 2.97. The molecule has 3 fully saturated rings. The van der Waals surface area contributed by atoms with Crippen LogP contribution in [-0.2, 0) is 9.59 Å². The van der Waals surface area contributed by atoms with Crippen LogP contribution < -0.4 is 5.73 Å². The van der Waals surface area contributed by atoms with Gasteiger partial charge in [-0.05, 0) is 25.7 Å². The van der Waals surface area contributed by atoms with Crippen LogP contribution in [-0.4, -0.2) is 27.2 Å². The smallest absolute Gasteiger partial charge is 0.233 e. The van der Waals surface area contributed by atoms with Crippen molar-refractivity contribution in [2.24, 2.45) is 17.6 Å². The van der Waals surface area contributed by atoms with E-state index in [1.165, 1.54) is 11.3 Å². The summed E-state index contributed by atoms with van der Waals surface area (Å²) in [4.78, 5) is 27.4. The van der Waals surface area contributed by atoms with Gasteiger partial charge in [-0.15, -0.1) is 0 Å². The van der Waals surface area contributed by atoms with E-state index in [2.05, 4.69) is 0 Å². The molecule has 2 unspecified atom stereocenters. The number of carbonyl (C=O) groups excluding carboxylic acids is 2.